The third-order valence-corrected chi connectivity index (χ3v) is 5.42. The van der Waals surface area contributed by atoms with Crippen LogP contribution in [-0.4, -0.2) is 51.3 Å². The van der Waals surface area contributed by atoms with Crippen LogP contribution in [-0.2, 0) is 16.6 Å². The highest BCUT2D eigenvalue weighted by atomic mass is 127. The number of para-hydroxylation sites is 2. The van der Waals surface area contributed by atoms with Crippen molar-refractivity contribution in [3.8, 4) is 5.75 Å². The number of sulfonamides is 1. The number of guanidine groups is 1. The van der Waals surface area contributed by atoms with E-state index >= 15 is 0 Å². The molecule has 2 aromatic rings. The highest BCUT2D eigenvalue weighted by Gasteiger charge is 2.22. The summed E-state index contributed by atoms with van der Waals surface area (Å²) in [6.07, 6.45) is 3.20. The van der Waals surface area contributed by atoms with Gasteiger partial charge in [-0.2, -0.15) is 0 Å². The van der Waals surface area contributed by atoms with Crippen LogP contribution in [0.4, 0.5) is 5.69 Å². The molecule has 2 N–H and O–H groups in total. The van der Waals surface area contributed by atoms with Crippen molar-refractivity contribution in [2.24, 2.45) is 4.99 Å². The maximum Gasteiger partial charge on any atom is 0.229 e. The molecule has 0 spiro atoms. The quantitative estimate of drug-likeness (QED) is 0.308. The Kier molecular flexibility index (Phi) is 9.89. The summed E-state index contributed by atoms with van der Waals surface area (Å²) in [6, 6.07) is 17.3. The zero-order valence-electron chi connectivity index (χ0n) is 18.0. The lowest BCUT2D eigenvalue weighted by atomic mass is 10.1. The molecule has 0 atom stereocenters. The highest BCUT2D eigenvalue weighted by molar-refractivity contribution is 14.0. The molecule has 3 rings (SSSR count). The van der Waals surface area contributed by atoms with Crippen LogP contribution in [0, 0.1) is 0 Å². The van der Waals surface area contributed by atoms with Crippen LogP contribution in [0.3, 0.4) is 0 Å². The monoisotopic (exact) mass is 558 g/mol. The molecular weight excluding hydrogens is 527 g/mol. The lowest BCUT2D eigenvalue weighted by Gasteiger charge is -2.34. The molecule has 7 nitrogen and oxygen atoms in total. The van der Waals surface area contributed by atoms with E-state index in [1.807, 2.05) is 55.5 Å². The van der Waals surface area contributed by atoms with Gasteiger partial charge in [-0.25, -0.2) is 13.4 Å². The highest BCUT2D eigenvalue weighted by Crippen LogP contribution is 2.20. The maximum atomic E-state index is 11.6. The normalized spacial score (nSPS) is 15.2. The van der Waals surface area contributed by atoms with Gasteiger partial charge < -0.3 is 15.0 Å². The van der Waals surface area contributed by atoms with Gasteiger partial charge in [-0.05, 0) is 30.7 Å². The number of benzene rings is 2. The van der Waals surface area contributed by atoms with E-state index in [1.165, 1.54) is 0 Å². The first kappa shape index (κ1) is 25.3. The Morgan fingerprint density at radius 1 is 1.10 bits per heavy atom. The number of hydrogen-bond acceptors (Lipinski definition) is 4. The summed E-state index contributed by atoms with van der Waals surface area (Å²) >= 11 is 0. The molecule has 1 aliphatic heterocycles. The van der Waals surface area contributed by atoms with Crippen molar-refractivity contribution in [2.75, 3.05) is 30.6 Å². The molecule has 1 heterocycles. The predicted octanol–water partition coefficient (Wildman–Crippen LogP) is 3.69. The molecule has 2 aromatic carbocycles. The van der Waals surface area contributed by atoms with Crippen molar-refractivity contribution < 1.29 is 13.2 Å². The molecule has 1 aliphatic rings. The third-order valence-electron chi connectivity index (χ3n) is 4.83. The van der Waals surface area contributed by atoms with Gasteiger partial charge in [0.05, 0.1) is 18.5 Å². The fourth-order valence-corrected chi connectivity index (χ4v) is 4.02. The van der Waals surface area contributed by atoms with E-state index in [1.54, 1.807) is 6.07 Å². The molecule has 170 valence electrons. The Morgan fingerprint density at radius 3 is 2.39 bits per heavy atom. The van der Waals surface area contributed by atoms with Crippen LogP contribution < -0.4 is 14.8 Å². The summed E-state index contributed by atoms with van der Waals surface area (Å²) in [5.74, 6) is 1.75. The average molecular weight is 558 g/mol. The number of halogens is 1. The van der Waals surface area contributed by atoms with Crippen molar-refractivity contribution in [1.82, 2.24) is 10.2 Å². The zero-order chi connectivity index (χ0) is 21.4. The lowest BCUT2D eigenvalue weighted by Crippen LogP contribution is -2.47. The van der Waals surface area contributed by atoms with Crippen molar-refractivity contribution in [1.29, 1.82) is 0 Å². The fraction of sp³-hybridized carbons (Fsp3) is 0.409. The van der Waals surface area contributed by atoms with Gasteiger partial charge >= 0.3 is 0 Å². The first-order valence-electron chi connectivity index (χ1n) is 10.3. The molecule has 0 bridgehead atoms. The average Bonchev–Trinajstić information content (AvgIpc) is 2.72. The number of aliphatic imine (C=N–C) groups is 1. The molecule has 0 saturated carbocycles. The van der Waals surface area contributed by atoms with Crippen LogP contribution >= 0.6 is 24.0 Å². The number of ether oxygens (including phenoxy) is 1. The molecule has 0 aliphatic carbocycles. The standard InChI is InChI=1S/C22H30N4O3S.HI/c1-3-23-22(24-17-18-9-7-8-12-21(18)25-30(2,27)28)26-15-13-20(14-16-26)29-19-10-5-4-6-11-19;/h4-12,20,25H,3,13-17H2,1-2H3,(H,23,24);1H. The van der Waals surface area contributed by atoms with Crippen LogP contribution in [0.5, 0.6) is 5.75 Å². The summed E-state index contributed by atoms with van der Waals surface area (Å²) < 4.78 is 31.9. The molecule has 0 amide bonds. The number of rotatable bonds is 7. The lowest BCUT2D eigenvalue weighted by molar-refractivity contribution is 0.129. The predicted molar refractivity (Wildman–Crippen MR) is 137 cm³/mol. The number of anilines is 1. The van der Waals surface area contributed by atoms with Gasteiger partial charge in [0.1, 0.15) is 11.9 Å². The first-order chi connectivity index (χ1) is 14.4. The number of hydrogen-bond donors (Lipinski definition) is 2. The second-order valence-electron chi connectivity index (χ2n) is 7.32. The minimum Gasteiger partial charge on any atom is -0.490 e. The Labute approximate surface area is 202 Å². The van der Waals surface area contributed by atoms with E-state index in [4.69, 9.17) is 9.73 Å². The number of nitrogens with zero attached hydrogens (tertiary/aromatic N) is 2. The van der Waals surface area contributed by atoms with Gasteiger partial charge in [-0.15, -0.1) is 24.0 Å². The largest absolute Gasteiger partial charge is 0.490 e. The van der Waals surface area contributed by atoms with Crippen molar-refractivity contribution in [2.45, 2.75) is 32.4 Å². The van der Waals surface area contributed by atoms with Gasteiger partial charge in [0.15, 0.2) is 5.96 Å². The minimum atomic E-state index is -3.34. The second-order valence-corrected chi connectivity index (χ2v) is 9.07. The summed E-state index contributed by atoms with van der Waals surface area (Å²) in [5.41, 5.74) is 1.40. The van der Waals surface area contributed by atoms with Gasteiger partial charge in [0.25, 0.3) is 0 Å². The van der Waals surface area contributed by atoms with E-state index in [-0.39, 0.29) is 30.1 Å². The molecule has 0 unspecified atom stereocenters. The van der Waals surface area contributed by atoms with E-state index in [0.29, 0.717) is 12.2 Å². The van der Waals surface area contributed by atoms with E-state index in [2.05, 4.69) is 14.9 Å². The SMILES string of the molecule is CCNC(=NCc1ccccc1NS(C)(=O)=O)N1CCC(Oc2ccccc2)CC1.I. The number of likely N-dealkylation sites (tertiary alicyclic amines) is 1. The number of piperidine rings is 1. The number of nitrogens with one attached hydrogen (secondary N) is 2. The van der Waals surface area contributed by atoms with E-state index in [9.17, 15) is 8.42 Å². The van der Waals surface area contributed by atoms with Gasteiger partial charge in [-0.1, -0.05) is 36.4 Å². The molecule has 31 heavy (non-hydrogen) atoms. The molecule has 0 radical (unpaired) electrons. The summed E-state index contributed by atoms with van der Waals surface area (Å²) in [4.78, 5) is 7.00. The van der Waals surface area contributed by atoms with Crippen molar-refractivity contribution in [3.63, 3.8) is 0 Å². The smallest absolute Gasteiger partial charge is 0.229 e. The topological polar surface area (TPSA) is 83.0 Å². The molecule has 9 heteroatoms. The third kappa shape index (κ3) is 8.21. The summed E-state index contributed by atoms with van der Waals surface area (Å²) in [6.45, 7) is 4.91. The second kappa shape index (κ2) is 12.1. The van der Waals surface area contributed by atoms with Gasteiger partial charge in [0.2, 0.25) is 10.0 Å². The molecular formula is C22H31IN4O3S. The molecule has 1 fully saturated rings. The zero-order valence-corrected chi connectivity index (χ0v) is 21.1. The Morgan fingerprint density at radius 2 is 1.74 bits per heavy atom. The minimum absolute atomic E-state index is 0. The van der Waals surface area contributed by atoms with Crippen LogP contribution in [0.1, 0.15) is 25.3 Å². The first-order valence-corrected chi connectivity index (χ1v) is 12.1. The van der Waals surface area contributed by atoms with Crippen LogP contribution in [0.25, 0.3) is 0 Å². The van der Waals surface area contributed by atoms with E-state index < -0.39 is 10.0 Å². The van der Waals surface area contributed by atoms with E-state index in [0.717, 1.165) is 56.0 Å². The fourth-order valence-electron chi connectivity index (χ4n) is 3.42. The Hall–Kier alpha value is -2.01. The molecule has 0 aromatic heterocycles. The van der Waals surface area contributed by atoms with Crippen molar-refractivity contribution >= 4 is 45.6 Å². The molecule has 1 saturated heterocycles. The maximum absolute atomic E-state index is 11.6. The summed E-state index contributed by atoms with van der Waals surface area (Å²) in [7, 11) is -3.34. The van der Waals surface area contributed by atoms with Crippen LogP contribution in [0.2, 0.25) is 0 Å². The Bertz CT molecular complexity index is 946. The van der Waals surface area contributed by atoms with Gasteiger partial charge in [-0.3, -0.25) is 4.72 Å². The van der Waals surface area contributed by atoms with Gasteiger partial charge in [0, 0.05) is 32.5 Å². The summed E-state index contributed by atoms with van der Waals surface area (Å²) in [5, 5.41) is 3.35. The van der Waals surface area contributed by atoms with Crippen LogP contribution in [0.15, 0.2) is 59.6 Å². The Balaban J connectivity index is 0.00000341. The van der Waals surface area contributed by atoms with Crippen molar-refractivity contribution in [3.05, 3.63) is 60.2 Å².